The van der Waals surface area contributed by atoms with Gasteiger partial charge < -0.3 is 0 Å². The third-order valence-electron chi connectivity index (χ3n) is 2.42. The molecule has 0 amide bonds. The van der Waals surface area contributed by atoms with Gasteiger partial charge in [-0.3, -0.25) is 0 Å². The third kappa shape index (κ3) is 6.98. The van der Waals surface area contributed by atoms with E-state index in [9.17, 15) is 13.2 Å². The van der Waals surface area contributed by atoms with Crippen LogP contribution in [0.5, 0.6) is 0 Å². The molecule has 0 bridgehead atoms. The molecule has 0 aromatic rings. The first kappa shape index (κ1) is 13.5. The van der Waals surface area contributed by atoms with Crippen molar-refractivity contribution in [3.8, 4) is 0 Å². The monoisotopic (exact) mass is 208 g/mol. The Morgan fingerprint density at radius 3 is 2.00 bits per heavy atom. The van der Waals surface area contributed by atoms with Gasteiger partial charge in [0.1, 0.15) is 0 Å². The number of rotatable bonds is 4. The van der Waals surface area contributed by atoms with E-state index < -0.39 is 12.6 Å². The highest BCUT2D eigenvalue weighted by molar-refractivity contribution is 4.94. The van der Waals surface area contributed by atoms with Crippen LogP contribution >= 0.6 is 0 Å². The fraction of sp³-hybridized carbons (Fsp3) is 0.818. The van der Waals surface area contributed by atoms with Crippen LogP contribution in [0.1, 0.15) is 40.5 Å². The first-order chi connectivity index (χ1) is 6.22. The second kappa shape index (κ2) is 5.42. The molecule has 0 aliphatic rings. The van der Waals surface area contributed by atoms with E-state index in [1.165, 1.54) is 0 Å². The lowest BCUT2D eigenvalue weighted by molar-refractivity contribution is -0.146. The lowest BCUT2D eigenvalue weighted by atomic mass is 9.89. The van der Waals surface area contributed by atoms with Gasteiger partial charge in [-0.25, -0.2) is 0 Å². The molecule has 84 valence electrons. The Hall–Kier alpha value is -0.470. The SMILES string of the molecule is CC(C)=CCC(C)C(C)CC(F)(F)F. The number of hydrogen-bond acceptors (Lipinski definition) is 0. The molecular weight excluding hydrogens is 189 g/mol. The van der Waals surface area contributed by atoms with Crippen molar-refractivity contribution in [2.75, 3.05) is 0 Å². The van der Waals surface area contributed by atoms with Gasteiger partial charge in [0.15, 0.2) is 0 Å². The van der Waals surface area contributed by atoms with Crippen molar-refractivity contribution < 1.29 is 13.2 Å². The van der Waals surface area contributed by atoms with Gasteiger partial charge in [0, 0.05) is 6.42 Å². The minimum Gasteiger partial charge on any atom is -0.171 e. The summed E-state index contributed by atoms with van der Waals surface area (Å²) in [6, 6.07) is 0. The first-order valence-electron chi connectivity index (χ1n) is 4.92. The van der Waals surface area contributed by atoms with Gasteiger partial charge in [-0.15, -0.1) is 0 Å². The molecule has 0 spiro atoms. The molecule has 0 nitrogen and oxygen atoms in total. The van der Waals surface area contributed by atoms with Gasteiger partial charge in [0.05, 0.1) is 0 Å². The fourth-order valence-electron chi connectivity index (χ4n) is 1.22. The van der Waals surface area contributed by atoms with Crippen molar-refractivity contribution in [1.82, 2.24) is 0 Å². The Morgan fingerprint density at radius 2 is 1.64 bits per heavy atom. The normalized spacial score (nSPS) is 16.2. The summed E-state index contributed by atoms with van der Waals surface area (Å²) in [5.74, 6) is -0.211. The Bertz CT molecular complexity index is 187. The van der Waals surface area contributed by atoms with Crippen LogP contribution < -0.4 is 0 Å². The highest BCUT2D eigenvalue weighted by Crippen LogP contribution is 2.30. The molecule has 0 N–H and O–H groups in total. The van der Waals surface area contributed by atoms with Gasteiger partial charge in [-0.2, -0.15) is 13.2 Å². The van der Waals surface area contributed by atoms with Gasteiger partial charge in [-0.1, -0.05) is 25.5 Å². The summed E-state index contributed by atoms with van der Waals surface area (Å²) in [6.45, 7) is 7.45. The van der Waals surface area contributed by atoms with Crippen molar-refractivity contribution in [3.05, 3.63) is 11.6 Å². The van der Waals surface area contributed by atoms with Crippen LogP contribution in [0.4, 0.5) is 13.2 Å². The largest absolute Gasteiger partial charge is 0.389 e. The predicted molar refractivity (Wildman–Crippen MR) is 53.0 cm³/mol. The topological polar surface area (TPSA) is 0 Å². The van der Waals surface area contributed by atoms with Crippen molar-refractivity contribution in [3.63, 3.8) is 0 Å². The second-order valence-corrected chi connectivity index (χ2v) is 4.29. The van der Waals surface area contributed by atoms with Crippen molar-refractivity contribution in [2.24, 2.45) is 11.8 Å². The zero-order valence-corrected chi connectivity index (χ0v) is 9.28. The molecule has 0 saturated carbocycles. The number of allylic oxidation sites excluding steroid dienone is 2. The standard InChI is InChI=1S/C11H19F3/c1-8(2)5-6-9(3)10(4)7-11(12,13)14/h5,9-10H,6-7H2,1-4H3. The third-order valence-corrected chi connectivity index (χ3v) is 2.42. The average Bonchev–Trinajstić information content (AvgIpc) is 1.96. The highest BCUT2D eigenvalue weighted by atomic mass is 19.4. The first-order valence-corrected chi connectivity index (χ1v) is 4.92. The summed E-state index contributed by atoms with van der Waals surface area (Å²) in [6.07, 6.45) is -1.97. The molecule has 3 heteroatoms. The molecule has 0 heterocycles. The Labute approximate surface area is 84.2 Å². The van der Waals surface area contributed by atoms with Gasteiger partial charge >= 0.3 is 6.18 Å². The van der Waals surface area contributed by atoms with Crippen LogP contribution in [-0.4, -0.2) is 6.18 Å². The van der Waals surface area contributed by atoms with E-state index in [1.807, 2.05) is 26.8 Å². The maximum atomic E-state index is 12.0. The zero-order chi connectivity index (χ0) is 11.4. The summed E-state index contributed by atoms with van der Waals surface area (Å²) in [5, 5.41) is 0. The zero-order valence-electron chi connectivity index (χ0n) is 9.28. The van der Waals surface area contributed by atoms with Crippen LogP contribution in [0.3, 0.4) is 0 Å². The molecule has 0 rings (SSSR count). The van der Waals surface area contributed by atoms with Crippen molar-refractivity contribution >= 4 is 0 Å². The van der Waals surface area contributed by atoms with E-state index in [-0.39, 0.29) is 11.8 Å². The average molecular weight is 208 g/mol. The fourth-order valence-corrected chi connectivity index (χ4v) is 1.22. The molecule has 2 atom stereocenters. The molecule has 0 saturated heterocycles. The summed E-state index contributed by atoms with van der Waals surface area (Å²) >= 11 is 0. The smallest absolute Gasteiger partial charge is 0.171 e. The minimum atomic E-state index is -4.03. The van der Waals surface area contributed by atoms with E-state index in [2.05, 4.69) is 0 Å². The van der Waals surface area contributed by atoms with Gasteiger partial charge in [0.2, 0.25) is 0 Å². The Morgan fingerprint density at radius 1 is 1.14 bits per heavy atom. The summed E-state index contributed by atoms with van der Waals surface area (Å²) in [7, 11) is 0. The van der Waals surface area contributed by atoms with Crippen molar-refractivity contribution in [2.45, 2.75) is 46.7 Å². The summed E-state index contributed by atoms with van der Waals surface area (Å²) < 4.78 is 36.1. The molecule has 14 heavy (non-hydrogen) atoms. The molecule has 0 aliphatic heterocycles. The van der Waals surface area contributed by atoms with E-state index in [0.29, 0.717) is 0 Å². The Balaban J connectivity index is 4.00. The molecule has 2 unspecified atom stereocenters. The number of hydrogen-bond donors (Lipinski definition) is 0. The van der Waals surface area contributed by atoms with Crippen LogP contribution in [0.25, 0.3) is 0 Å². The summed E-state index contributed by atoms with van der Waals surface area (Å²) in [4.78, 5) is 0. The van der Waals surface area contributed by atoms with E-state index >= 15 is 0 Å². The van der Waals surface area contributed by atoms with Gasteiger partial charge in [0.25, 0.3) is 0 Å². The predicted octanol–water partition coefficient (Wildman–Crippen LogP) is 4.57. The van der Waals surface area contributed by atoms with Crippen LogP contribution in [0, 0.1) is 11.8 Å². The summed E-state index contributed by atoms with van der Waals surface area (Å²) in [5.41, 5.74) is 1.16. The van der Waals surface area contributed by atoms with Crippen LogP contribution in [0.15, 0.2) is 11.6 Å². The molecular formula is C11H19F3. The van der Waals surface area contributed by atoms with Crippen LogP contribution in [0.2, 0.25) is 0 Å². The highest BCUT2D eigenvalue weighted by Gasteiger charge is 2.31. The second-order valence-electron chi connectivity index (χ2n) is 4.29. The maximum Gasteiger partial charge on any atom is 0.389 e. The van der Waals surface area contributed by atoms with Crippen LogP contribution in [-0.2, 0) is 0 Å². The van der Waals surface area contributed by atoms with E-state index in [4.69, 9.17) is 0 Å². The number of halogens is 3. The quantitative estimate of drug-likeness (QED) is 0.594. The molecule has 0 aromatic carbocycles. The lowest BCUT2D eigenvalue weighted by Crippen LogP contribution is -2.18. The molecule has 0 aromatic heterocycles. The van der Waals surface area contributed by atoms with E-state index in [0.717, 1.165) is 12.0 Å². The lowest BCUT2D eigenvalue weighted by Gasteiger charge is -2.20. The molecule has 0 fully saturated rings. The maximum absolute atomic E-state index is 12.0. The molecule has 0 radical (unpaired) electrons. The molecule has 0 aliphatic carbocycles. The minimum absolute atomic E-state index is 0.0894. The Kier molecular flexibility index (Phi) is 5.24. The van der Waals surface area contributed by atoms with Gasteiger partial charge in [-0.05, 0) is 32.1 Å². The van der Waals surface area contributed by atoms with E-state index in [1.54, 1.807) is 6.92 Å². The number of alkyl halides is 3. The van der Waals surface area contributed by atoms with Crippen molar-refractivity contribution in [1.29, 1.82) is 0 Å².